The molecule has 1 aliphatic rings. The molecule has 162 valence electrons. The SMILES string of the molecule is CN(C)C(=O)c1ccc(Oc2nc(-c3cnc(N)s3)nc(N3CCSCC3)n2)c(F)c1. The molecular formula is C19H20FN7O2S2. The van der Waals surface area contributed by atoms with Crippen molar-refractivity contribution in [2.45, 2.75) is 0 Å². The molecular weight excluding hydrogens is 441 g/mol. The van der Waals surface area contributed by atoms with Gasteiger partial charge in [0.1, 0.15) is 0 Å². The van der Waals surface area contributed by atoms with Crippen molar-refractivity contribution in [1.82, 2.24) is 24.8 Å². The molecule has 1 fully saturated rings. The molecule has 0 aliphatic carbocycles. The zero-order valence-corrected chi connectivity index (χ0v) is 18.5. The number of rotatable bonds is 5. The first-order valence-electron chi connectivity index (χ1n) is 9.40. The van der Waals surface area contributed by atoms with E-state index in [2.05, 4.69) is 19.9 Å². The van der Waals surface area contributed by atoms with E-state index < -0.39 is 5.82 Å². The third-order valence-corrected chi connectivity index (χ3v) is 6.19. The lowest BCUT2D eigenvalue weighted by Crippen LogP contribution is -2.34. The summed E-state index contributed by atoms with van der Waals surface area (Å²) in [6, 6.07) is 3.97. The molecule has 2 aromatic heterocycles. The van der Waals surface area contributed by atoms with E-state index in [0.717, 1.165) is 30.7 Å². The largest absolute Gasteiger partial charge is 0.421 e. The van der Waals surface area contributed by atoms with Crippen LogP contribution in [0, 0.1) is 5.82 Å². The van der Waals surface area contributed by atoms with Gasteiger partial charge in [0.25, 0.3) is 5.91 Å². The quantitative estimate of drug-likeness (QED) is 0.613. The van der Waals surface area contributed by atoms with E-state index in [0.29, 0.717) is 21.8 Å². The summed E-state index contributed by atoms with van der Waals surface area (Å²) in [5.41, 5.74) is 5.97. The molecule has 1 saturated heterocycles. The molecule has 0 spiro atoms. The minimum atomic E-state index is -0.687. The second-order valence-corrected chi connectivity index (χ2v) is 9.14. The Hall–Kier alpha value is -2.99. The van der Waals surface area contributed by atoms with Gasteiger partial charge in [0.15, 0.2) is 22.5 Å². The van der Waals surface area contributed by atoms with Crippen molar-refractivity contribution in [2.75, 3.05) is 49.3 Å². The summed E-state index contributed by atoms with van der Waals surface area (Å²) in [7, 11) is 3.20. The van der Waals surface area contributed by atoms with Crippen molar-refractivity contribution in [3.8, 4) is 22.5 Å². The van der Waals surface area contributed by atoms with Gasteiger partial charge in [0.05, 0.1) is 11.1 Å². The Kier molecular flexibility index (Phi) is 6.18. The Morgan fingerprint density at radius 3 is 2.65 bits per heavy atom. The predicted molar refractivity (Wildman–Crippen MR) is 119 cm³/mol. The highest BCUT2D eigenvalue weighted by Crippen LogP contribution is 2.30. The summed E-state index contributed by atoms with van der Waals surface area (Å²) in [5, 5.41) is 0.390. The first-order valence-corrected chi connectivity index (χ1v) is 11.4. The fourth-order valence-electron chi connectivity index (χ4n) is 2.87. The van der Waals surface area contributed by atoms with Crippen LogP contribution >= 0.6 is 23.1 Å². The molecule has 1 aliphatic heterocycles. The Balaban J connectivity index is 1.68. The average molecular weight is 462 g/mol. The molecule has 3 heterocycles. The van der Waals surface area contributed by atoms with E-state index in [-0.39, 0.29) is 23.2 Å². The van der Waals surface area contributed by atoms with Gasteiger partial charge in [-0.15, -0.1) is 0 Å². The number of nitrogen functional groups attached to an aromatic ring is 1. The summed E-state index contributed by atoms with van der Waals surface area (Å²) < 4.78 is 20.3. The highest BCUT2D eigenvalue weighted by Gasteiger charge is 2.20. The van der Waals surface area contributed by atoms with Gasteiger partial charge in [0.2, 0.25) is 5.95 Å². The van der Waals surface area contributed by atoms with Crippen LogP contribution in [-0.2, 0) is 0 Å². The lowest BCUT2D eigenvalue weighted by molar-refractivity contribution is 0.0827. The second-order valence-electron chi connectivity index (χ2n) is 6.85. The summed E-state index contributed by atoms with van der Waals surface area (Å²) in [5.74, 6) is 1.64. The second kappa shape index (κ2) is 9.02. The number of carbonyl (C=O) groups excluding carboxylic acids is 1. The van der Waals surface area contributed by atoms with Crippen LogP contribution in [0.4, 0.5) is 15.5 Å². The highest BCUT2D eigenvalue weighted by molar-refractivity contribution is 7.99. The van der Waals surface area contributed by atoms with Gasteiger partial charge in [-0.3, -0.25) is 4.79 Å². The number of nitrogens with zero attached hydrogens (tertiary/aromatic N) is 6. The molecule has 9 nitrogen and oxygen atoms in total. The molecule has 2 N–H and O–H groups in total. The van der Waals surface area contributed by atoms with E-state index in [1.807, 2.05) is 16.7 Å². The fraction of sp³-hybridized carbons (Fsp3) is 0.316. The number of benzene rings is 1. The summed E-state index contributed by atoms with van der Waals surface area (Å²) in [6.07, 6.45) is 1.58. The van der Waals surface area contributed by atoms with E-state index in [4.69, 9.17) is 10.5 Å². The smallest absolute Gasteiger partial charge is 0.327 e. The molecule has 1 amide bonds. The van der Waals surface area contributed by atoms with Crippen LogP contribution in [-0.4, -0.2) is 69.4 Å². The topological polar surface area (TPSA) is 110 Å². The predicted octanol–water partition coefficient (Wildman–Crippen LogP) is 2.76. The molecule has 0 bridgehead atoms. The minimum absolute atomic E-state index is 0.0456. The van der Waals surface area contributed by atoms with E-state index in [9.17, 15) is 9.18 Å². The van der Waals surface area contributed by atoms with E-state index in [1.54, 1.807) is 20.3 Å². The molecule has 0 unspecified atom stereocenters. The fourth-order valence-corrected chi connectivity index (χ4v) is 4.39. The number of hydrogen-bond donors (Lipinski definition) is 1. The number of ether oxygens (including phenoxy) is 1. The molecule has 4 rings (SSSR count). The van der Waals surface area contributed by atoms with Crippen LogP contribution in [0.5, 0.6) is 11.8 Å². The zero-order chi connectivity index (χ0) is 22.0. The third-order valence-electron chi connectivity index (χ3n) is 4.43. The van der Waals surface area contributed by atoms with Crippen molar-refractivity contribution in [2.24, 2.45) is 0 Å². The number of aromatic nitrogens is 4. The number of amides is 1. The van der Waals surface area contributed by atoms with Gasteiger partial charge >= 0.3 is 6.01 Å². The molecule has 3 aromatic rings. The monoisotopic (exact) mass is 461 g/mol. The normalized spacial score (nSPS) is 13.8. The van der Waals surface area contributed by atoms with Crippen LogP contribution in [0.1, 0.15) is 10.4 Å². The maximum atomic E-state index is 14.6. The van der Waals surface area contributed by atoms with Gasteiger partial charge in [-0.05, 0) is 18.2 Å². The lowest BCUT2D eigenvalue weighted by atomic mass is 10.2. The molecule has 1 aromatic carbocycles. The number of nitrogens with two attached hydrogens (primary N) is 1. The molecule has 0 atom stereocenters. The summed E-state index contributed by atoms with van der Waals surface area (Å²) in [6.45, 7) is 1.57. The first-order chi connectivity index (χ1) is 14.9. The number of anilines is 2. The maximum absolute atomic E-state index is 14.6. The Labute approximate surface area is 186 Å². The van der Waals surface area contributed by atoms with Gasteiger partial charge in [-0.2, -0.15) is 26.7 Å². The van der Waals surface area contributed by atoms with Gasteiger partial charge in [-0.25, -0.2) is 9.37 Å². The van der Waals surface area contributed by atoms with Crippen molar-refractivity contribution >= 4 is 40.1 Å². The Morgan fingerprint density at radius 1 is 1.23 bits per heavy atom. The van der Waals surface area contributed by atoms with Crippen LogP contribution < -0.4 is 15.4 Å². The van der Waals surface area contributed by atoms with Gasteiger partial charge in [0, 0.05) is 44.3 Å². The number of thioether (sulfide) groups is 1. The van der Waals surface area contributed by atoms with Crippen molar-refractivity contribution in [3.05, 3.63) is 35.8 Å². The maximum Gasteiger partial charge on any atom is 0.327 e. The van der Waals surface area contributed by atoms with Crippen molar-refractivity contribution in [1.29, 1.82) is 0 Å². The zero-order valence-electron chi connectivity index (χ0n) is 16.9. The summed E-state index contributed by atoms with van der Waals surface area (Å²) >= 11 is 3.10. The molecule has 12 heteroatoms. The van der Waals surface area contributed by atoms with Crippen LogP contribution in [0.15, 0.2) is 24.4 Å². The number of thiazole rings is 1. The molecule has 0 radical (unpaired) electrons. The van der Waals surface area contributed by atoms with Crippen LogP contribution in [0.3, 0.4) is 0 Å². The van der Waals surface area contributed by atoms with E-state index in [1.165, 1.54) is 28.4 Å². The number of halogens is 1. The number of hydrogen-bond acceptors (Lipinski definition) is 10. The van der Waals surface area contributed by atoms with Crippen molar-refractivity contribution in [3.63, 3.8) is 0 Å². The van der Waals surface area contributed by atoms with E-state index >= 15 is 0 Å². The third kappa shape index (κ3) is 4.85. The Morgan fingerprint density at radius 2 is 2.00 bits per heavy atom. The van der Waals surface area contributed by atoms with Gasteiger partial charge < -0.3 is 20.3 Å². The standard InChI is InChI=1S/C19H20FN7O2S2/c1-26(2)16(28)11-3-4-13(12(20)9-11)29-19-24-15(14-10-22-17(21)31-14)23-18(25-19)27-5-7-30-8-6-27/h3-4,9-10H,5-8H2,1-2H3,(H2,21,22). The van der Waals surface area contributed by atoms with Crippen LogP contribution in [0.2, 0.25) is 0 Å². The minimum Gasteiger partial charge on any atom is -0.421 e. The number of carbonyl (C=O) groups is 1. The molecule has 0 saturated carbocycles. The average Bonchev–Trinajstić information content (AvgIpc) is 3.21. The van der Waals surface area contributed by atoms with Crippen molar-refractivity contribution < 1.29 is 13.9 Å². The first kappa shape index (κ1) is 21.2. The van der Waals surface area contributed by atoms with Gasteiger partial charge in [-0.1, -0.05) is 11.3 Å². The highest BCUT2D eigenvalue weighted by atomic mass is 32.2. The van der Waals surface area contributed by atoms with Crippen LogP contribution in [0.25, 0.3) is 10.7 Å². The summed E-state index contributed by atoms with van der Waals surface area (Å²) in [4.78, 5) is 33.4. The Bertz CT molecular complexity index is 1100. The molecule has 31 heavy (non-hydrogen) atoms. The lowest BCUT2D eigenvalue weighted by Gasteiger charge is -2.26.